The van der Waals surface area contributed by atoms with E-state index in [1.165, 1.54) is 18.6 Å². The summed E-state index contributed by atoms with van der Waals surface area (Å²) in [7, 11) is 6.01. The van der Waals surface area contributed by atoms with Crippen molar-refractivity contribution >= 4 is 17.7 Å². The molecule has 6 heteroatoms. The second kappa shape index (κ2) is 11.2. The molecule has 0 aromatic carbocycles. The lowest BCUT2D eigenvalue weighted by Gasteiger charge is -2.21. The number of thioether (sulfide) groups is 1. The number of rotatable bonds is 9. The van der Waals surface area contributed by atoms with E-state index in [0.717, 1.165) is 43.9 Å². The average molecular weight is 317 g/mol. The van der Waals surface area contributed by atoms with Crippen molar-refractivity contribution in [3.63, 3.8) is 0 Å². The van der Waals surface area contributed by atoms with Gasteiger partial charge in [0, 0.05) is 38.5 Å². The Morgan fingerprint density at radius 1 is 1.43 bits per heavy atom. The highest BCUT2D eigenvalue weighted by atomic mass is 32.2. The lowest BCUT2D eigenvalue weighted by Crippen LogP contribution is -2.44. The Kier molecular flexibility index (Phi) is 9.87. The van der Waals surface area contributed by atoms with Gasteiger partial charge in [-0.15, -0.1) is 0 Å². The van der Waals surface area contributed by atoms with Crippen LogP contribution in [0.1, 0.15) is 26.2 Å². The van der Waals surface area contributed by atoms with Gasteiger partial charge in [0.2, 0.25) is 0 Å². The minimum Gasteiger partial charge on any atom is -0.377 e. The van der Waals surface area contributed by atoms with Gasteiger partial charge in [0.05, 0.1) is 6.10 Å². The molecule has 1 aliphatic rings. The highest BCUT2D eigenvalue weighted by molar-refractivity contribution is 8.00. The third kappa shape index (κ3) is 8.53. The topological polar surface area (TPSA) is 48.9 Å². The van der Waals surface area contributed by atoms with Crippen LogP contribution < -0.4 is 10.6 Å². The van der Waals surface area contributed by atoms with E-state index in [0.29, 0.717) is 0 Å². The molecule has 5 nitrogen and oxygen atoms in total. The highest BCUT2D eigenvalue weighted by Gasteiger charge is 2.16. The molecule has 2 N–H and O–H groups in total. The number of guanidine groups is 1. The van der Waals surface area contributed by atoms with E-state index in [-0.39, 0.29) is 6.10 Å². The fourth-order valence-corrected chi connectivity index (χ4v) is 3.53. The van der Waals surface area contributed by atoms with Crippen LogP contribution in [-0.2, 0) is 4.74 Å². The Hall–Kier alpha value is -0.460. The van der Waals surface area contributed by atoms with Crippen molar-refractivity contribution in [3.8, 4) is 0 Å². The van der Waals surface area contributed by atoms with Crippen molar-refractivity contribution < 1.29 is 4.74 Å². The molecular weight excluding hydrogens is 284 g/mol. The van der Waals surface area contributed by atoms with Crippen molar-refractivity contribution in [2.75, 3.05) is 53.1 Å². The number of ether oxygens (including phenoxy) is 1. The molecule has 0 bridgehead atoms. The van der Waals surface area contributed by atoms with Gasteiger partial charge in [-0.2, -0.15) is 11.8 Å². The van der Waals surface area contributed by atoms with Crippen molar-refractivity contribution in [2.45, 2.75) is 37.5 Å². The normalized spacial score (nSPS) is 20.8. The molecule has 2 unspecified atom stereocenters. The number of nitrogens with one attached hydrogen (secondary N) is 2. The molecule has 21 heavy (non-hydrogen) atoms. The molecule has 2 atom stereocenters. The van der Waals surface area contributed by atoms with E-state index in [2.05, 4.69) is 46.4 Å². The monoisotopic (exact) mass is 316 g/mol. The summed E-state index contributed by atoms with van der Waals surface area (Å²) in [6, 6.07) is 0. The summed E-state index contributed by atoms with van der Waals surface area (Å²) >= 11 is 2.06. The number of hydrogen-bond acceptors (Lipinski definition) is 4. The standard InChI is InChI=1S/C15H32N4OS/c1-5-20-13(8-9-19(3)4)11-17-15(16-2)18-12-14-7-6-10-21-14/h13-14H,5-12H2,1-4H3,(H2,16,17,18). The molecule has 1 saturated heterocycles. The first kappa shape index (κ1) is 18.6. The molecule has 1 heterocycles. The van der Waals surface area contributed by atoms with E-state index >= 15 is 0 Å². The zero-order chi connectivity index (χ0) is 15.5. The van der Waals surface area contributed by atoms with Crippen LogP contribution in [0.3, 0.4) is 0 Å². The quantitative estimate of drug-likeness (QED) is 0.497. The SMILES string of the molecule is CCOC(CCN(C)C)CNC(=NC)NCC1CCCS1. The summed E-state index contributed by atoms with van der Waals surface area (Å²) in [5.74, 6) is 2.19. The third-order valence-corrected chi connectivity index (χ3v) is 4.94. The molecule has 0 radical (unpaired) electrons. The van der Waals surface area contributed by atoms with Gasteiger partial charge in [-0.05, 0) is 46.0 Å². The van der Waals surface area contributed by atoms with E-state index in [1.807, 2.05) is 14.0 Å². The average Bonchev–Trinajstić information content (AvgIpc) is 2.97. The highest BCUT2D eigenvalue weighted by Crippen LogP contribution is 2.25. The van der Waals surface area contributed by atoms with E-state index in [9.17, 15) is 0 Å². The molecular formula is C15H32N4OS. The second-order valence-corrected chi connectivity index (χ2v) is 7.05. The predicted octanol–water partition coefficient (Wildman–Crippen LogP) is 1.40. The molecule has 0 amide bonds. The van der Waals surface area contributed by atoms with Crippen molar-refractivity contribution in [3.05, 3.63) is 0 Å². The Morgan fingerprint density at radius 2 is 2.24 bits per heavy atom. The van der Waals surface area contributed by atoms with Crippen LogP contribution in [0.15, 0.2) is 4.99 Å². The fraction of sp³-hybridized carbons (Fsp3) is 0.933. The minimum absolute atomic E-state index is 0.233. The van der Waals surface area contributed by atoms with Crippen LogP contribution in [0.4, 0.5) is 0 Å². The van der Waals surface area contributed by atoms with Crippen LogP contribution in [0, 0.1) is 0 Å². The lowest BCUT2D eigenvalue weighted by atomic mass is 10.2. The number of hydrogen-bond donors (Lipinski definition) is 2. The van der Waals surface area contributed by atoms with Gasteiger partial charge >= 0.3 is 0 Å². The Labute approximate surface area is 134 Å². The van der Waals surface area contributed by atoms with Gasteiger partial charge in [-0.25, -0.2) is 0 Å². The van der Waals surface area contributed by atoms with Crippen LogP contribution in [0.25, 0.3) is 0 Å². The Bertz CT molecular complexity index is 293. The Balaban J connectivity index is 2.26. The predicted molar refractivity (Wildman–Crippen MR) is 93.4 cm³/mol. The maximum absolute atomic E-state index is 5.79. The number of aliphatic imine (C=N–C) groups is 1. The molecule has 0 aromatic heterocycles. The van der Waals surface area contributed by atoms with Crippen molar-refractivity contribution in [1.29, 1.82) is 0 Å². The molecule has 0 spiro atoms. The van der Waals surface area contributed by atoms with Crippen LogP contribution in [0.5, 0.6) is 0 Å². The van der Waals surface area contributed by atoms with Crippen LogP contribution in [-0.4, -0.2) is 75.4 Å². The van der Waals surface area contributed by atoms with Gasteiger partial charge in [-0.1, -0.05) is 0 Å². The summed E-state index contributed by atoms with van der Waals surface area (Å²) in [5, 5.41) is 7.55. The second-order valence-electron chi connectivity index (χ2n) is 5.64. The third-order valence-electron chi connectivity index (χ3n) is 3.54. The molecule has 0 aromatic rings. The minimum atomic E-state index is 0.233. The first-order valence-corrected chi connectivity index (χ1v) is 9.03. The molecule has 124 valence electrons. The van der Waals surface area contributed by atoms with Crippen LogP contribution in [0.2, 0.25) is 0 Å². The number of nitrogens with zero attached hydrogens (tertiary/aromatic N) is 2. The van der Waals surface area contributed by atoms with Gasteiger partial charge < -0.3 is 20.3 Å². The maximum atomic E-state index is 5.79. The van der Waals surface area contributed by atoms with Gasteiger partial charge in [0.25, 0.3) is 0 Å². The first-order chi connectivity index (χ1) is 10.2. The molecule has 1 fully saturated rings. The largest absolute Gasteiger partial charge is 0.377 e. The molecule has 1 rings (SSSR count). The van der Waals surface area contributed by atoms with Crippen molar-refractivity contribution in [2.24, 2.45) is 4.99 Å². The summed E-state index contributed by atoms with van der Waals surface area (Å²) in [5.41, 5.74) is 0. The summed E-state index contributed by atoms with van der Waals surface area (Å²) in [6.07, 6.45) is 3.93. The molecule has 1 aliphatic heterocycles. The van der Waals surface area contributed by atoms with Gasteiger partial charge in [0.1, 0.15) is 0 Å². The molecule has 0 saturated carbocycles. The molecule has 0 aliphatic carbocycles. The van der Waals surface area contributed by atoms with Gasteiger partial charge in [0.15, 0.2) is 5.96 Å². The van der Waals surface area contributed by atoms with Crippen LogP contribution >= 0.6 is 11.8 Å². The maximum Gasteiger partial charge on any atom is 0.191 e. The first-order valence-electron chi connectivity index (χ1n) is 7.98. The van der Waals surface area contributed by atoms with Crippen molar-refractivity contribution in [1.82, 2.24) is 15.5 Å². The van der Waals surface area contributed by atoms with Gasteiger partial charge in [-0.3, -0.25) is 4.99 Å². The summed E-state index contributed by atoms with van der Waals surface area (Å²) in [4.78, 5) is 6.49. The zero-order valence-corrected chi connectivity index (χ0v) is 14.8. The van der Waals surface area contributed by atoms with E-state index in [4.69, 9.17) is 4.74 Å². The lowest BCUT2D eigenvalue weighted by molar-refractivity contribution is 0.0548. The Morgan fingerprint density at radius 3 is 2.81 bits per heavy atom. The fourth-order valence-electron chi connectivity index (χ4n) is 2.33. The smallest absolute Gasteiger partial charge is 0.191 e. The summed E-state index contributed by atoms with van der Waals surface area (Å²) < 4.78 is 5.79. The van der Waals surface area contributed by atoms with E-state index < -0.39 is 0 Å². The van der Waals surface area contributed by atoms with E-state index in [1.54, 1.807) is 0 Å². The zero-order valence-electron chi connectivity index (χ0n) is 14.0. The summed E-state index contributed by atoms with van der Waals surface area (Å²) in [6.45, 7) is 5.65.